The molecule has 0 fully saturated rings. The third kappa shape index (κ3) is 3.04. The Morgan fingerprint density at radius 2 is 1.48 bits per heavy atom. The molecule has 130 valence electrons. The summed E-state index contributed by atoms with van der Waals surface area (Å²) in [4.78, 5) is 4.46. The highest BCUT2D eigenvalue weighted by Crippen LogP contribution is 2.28. The molecule has 5 rings (SSSR count). The molecule has 4 aromatic carbocycles. The number of hydrogen-bond acceptors (Lipinski definition) is 3. The Morgan fingerprint density at radius 1 is 0.741 bits per heavy atom. The molecule has 1 heterocycles. The largest absolute Gasteiger partial charge is 0.508 e. The van der Waals surface area contributed by atoms with Crippen molar-refractivity contribution in [2.45, 2.75) is 6.42 Å². The molecular formula is C24H17NO2. The summed E-state index contributed by atoms with van der Waals surface area (Å²) < 4.78 is 6.00. The summed E-state index contributed by atoms with van der Waals surface area (Å²) in [5.74, 6) is 1.72. The minimum Gasteiger partial charge on any atom is -0.508 e. The fourth-order valence-electron chi connectivity index (χ4n) is 3.44. The summed E-state index contributed by atoms with van der Waals surface area (Å²) in [5.41, 5.74) is 2.15. The van der Waals surface area contributed by atoms with Crippen molar-refractivity contribution < 1.29 is 9.52 Å². The Kier molecular flexibility index (Phi) is 3.65. The molecule has 0 atom stereocenters. The fraction of sp³-hybridized carbons (Fsp3) is 0.0417. The number of nitrogens with zero attached hydrogens (tertiary/aromatic N) is 1. The van der Waals surface area contributed by atoms with Gasteiger partial charge < -0.3 is 9.52 Å². The molecule has 0 unspecified atom stereocenters. The van der Waals surface area contributed by atoms with E-state index in [9.17, 15) is 5.11 Å². The van der Waals surface area contributed by atoms with Crippen molar-refractivity contribution in [2.24, 2.45) is 0 Å². The zero-order chi connectivity index (χ0) is 18.2. The zero-order valence-corrected chi connectivity index (χ0v) is 14.6. The summed E-state index contributed by atoms with van der Waals surface area (Å²) in [6.07, 6.45) is 2.43. The van der Waals surface area contributed by atoms with Crippen LogP contribution in [0.1, 0.15) is 11.5 Å². The lowest BCUT2D eigenvalue weighted by Crippen LogP contribution is -1.87. The number of phenolic OH excluding ortho intramolecular Hbond substituents is 1. The Balaban J connectivity index is 1.44. The van der Waals surface area contributed by atoms with Gasteiger partial charge in [-0.25, -0.2) is 4.98 Å². The molecule has 0 saturated heterocycles. The smallest absolute Gasteiger partial charge is 0.199 e. The van der Waals surface area contributed by atoms with Crippen LogP contribution in [0.15, 0.2) is 89.5 Å². The summed E-state index contributed by atoms with van der Waals surface area (Å²) in [6.45, 7) is 0. The standard InChI is InChI=1S/C24H17NO2/c26-22-10-9-19-13-21(8-7-20(19)14-22)23-15-25-24(27-23)12-16-5-6-17-3-1-2-4-18(17)11-16/h1-11,13-15,26H,12H2. The van der Waals surface area contributed by atoms with E-state index in [4.69, 9.17) is 4.42 Å². The van der Waals surface area contributed by atoms with Crippen molar-refractivity contribution in [1.29, 1.82) is 0 Å². The molecule has 0 amide bonds. The third-order valence-electron chi connectivity index (χ3n) is 4.83. The number of phenols is 1. The van der Waals surface area contributed by atoms with Gasteiger partial charge in [0, 0.05) is 12.0 Å². The van der Waals surface area contributed by atoms with Crippen LogP contribution >= 0.6 is 0 Å². The minimum atomic E-state index is 0.271. The number of benzene rings is 4. The van der Waals surface area contributed by atoms with Crippen LogP contribution in [0.25, 0.3) is 32.9 Å². The number of aromatic hydroxyl groups is 1. The molecule has 0 saturated carbocycles. The van der Waals surface area contributed by atoms with Crippen LogP contribution in [-0.4, -0.2) is 10.1 Å². The maximum atomic E-state index is 9.60. The van der Waals surface area contributed by atoms with Gasteiger partial charge in [0.25, 0.3) is 0 Å². The number of aromatic nitrogens is 1. The van der Waals surface area contributed by atoms with Crippen LogP contribution in [0.4, 0.5) is 0 Å². The molecule has 0 aliphatic heterocycles. The van der Waals surface area contributed by atoms with Crippen LogP contribution in [0.5, 0.6) is 5.75 Å². The molecule has 0 aliphatic carbocycles. The van der Waals surface area contributed by atoms with Gasteiger partial charge in [-0.3, -0.25) is 0 Å². The van der Waals surface area contributed by atoms with Crippen LogP contribution in [0.2, 0.25) is 0 Å². The zero-order valence-electron chi connectivity index (χ0n) is 14.6. The maximum absolute atomic E-state index is 9.60. The predicted octanol–water partition coefficient (Wildman–Crippen LogP) is 5.94. The SMILES string of the molecule is Oc1ccc2cc(-c3cnc(Cc4ccc5ccccc5c4)o3)ccc2c1. The van der Waals surface area contributed by atoms with Crippen molar-refractivity contribution >= 4 is 21.5 Å². The lowest BCUT2D eigenvalue weighted by atomic mass is 10.1. The van der Waals surface area contributed by atoms with E-state index in [0.29, 0.717) is 12.3 Å². The molecule has 1 N–H and O–H groups in total. The van der Waals surface area contributed by atoms with Crippen molar-refractivity contribution in [1.82, 2.24) is 4.98 Å². The number of oxazole rings is 1. The van der Waals surface area contributed by atoms with Crippen molar-refractivity contribution in [3.63, 3.8) is 0 Å². The molecular weight excluding hydrogens is 334 g/mol. The normalized spacial score (nSPS) is 11.3. The van der Waals surface area contributed by atoms with Gasteiger partial charge in [0.1, 0.15) is 5.75 Å². The van der Waals surface area contributed by atoms with E-state index in [1.807, 2.05) is 24.3 Å². The van der Waals surface area contributed by atoms with Crippen LogP contribution in [0, 0.1) is 0 Å². The number of fused-ring (bicyclic) bond motifs is 2. The molecule has 27 heavy (non-hydrogen) atoms. The molecule has 3 nitrogen and oxygen atoms in total. The topological polar surface area (TPSA) is 46.3 Å². The van der Waals surface area contributed by atoms with Crippen LogP contribution < -0.4 is 0 Å². The van der Waals surface area contributed by atoms with E-state index in [1.165, 1.54) is 16.3 Å². The van der Waals surface area contributed by atoms with Crippen molar-refractivity contribution in [2.75, 3.05) is 0 Å². The first-order valence-corrected chi connectivity index (χ1v) is 8.90. The van der Waals surface area contributed by atoms with Crippen LogP contribution in [0.3, 0.4) is 0 Å². The van der Waals surface area contributed by atoms with E-state index in [2.05, 4.69) is 47.4 Å². The van der Waals surface area contributed by atoms with E-state index in [1.54, 1.807) is 18.3 Å². The Labute approximate surface area is 156 Å². The second-order valence-corrected chi connectivity index (χ2v) is 6.72. The van der Waals surface area contributed by atoms with Gasteiger partial charge in [0.2, 0.25) is 0 Å². The Morgan fingerprint density at radius 3 is 2.41 bits per heavy atom. The maximum Gasteiger partial charge on any atom is 0.199 e. The van der Waals surface area contributed by atoms with Gasteiger partial charge in [0.05, 0.1) is 6.20 Å². The third-order valence-corrected chi connectivity index (χ3v) is 4.83. The quantitative estimate of drug-likeness (QED) is 0.437. The van der Waals surface area contributed by atoms with Gasteiger partial charge in [-0.05, 0) is 45.3 Å². The summed E-state index contributed by atoms with van der Waals surface area (Å²) in [5, 5.41) is 14.1. The molecule has 0 bridgehead atoms. The summed E-state index contributed by atoms with van der Waals surface area (Å²) >= 11 is 0. The van der Waals surface area contributed by atoms with Gasteiger partial charge >= 0.3 is 0 Å². The second kappa shape index (κ2) is 6.29. The first-order valence-electron chi connectivity index (χ1n) is 8.90. The highest BCUT2D eigenvalue weighted by molar-refractivity contribution is 5.87. The molecule has 1 aromatic heterocycles. The molecule has 3 heteroatoms. The van der Waals surface area contributed by atoms with Crippen LogP contribution in [-0.2, 0) is 6.42 Å². The highest BCUT2D eigenvalue weighted by atomic mass is 16.4. The van der Waals surface area contributed by atoms with Gasteiger partial charge in [-0.1, -0.05) is 60.7 Å². The van der Waals surface area contributed by atoms with E-state index >= 15 is 0 Å². The second-order valence-electron chi connectivity index (χ2n) is 6.72. The monoisotopic (exact) mass is 351 g/mol. The summed E-state index contributed by atoms with van der Waals surface area (Å²) in [7, 11) is 0. The average Bonchev–Trinajstić information content (AvgIpc) is 3.16. The van der Waals surface area contributed by atoms with Crippen molar-refractivity contribution in [3.8, 4) is 17.1 Å². The Bertz CT molecular complexity index is 1270. The molecule has 5 aromatic rings. The average molecular weight is 351 g/mol. The fourth-order valence-corrected chi connectivity index (χ4v) is 3.44. The molecule has 0 aliphatic rings. The van der Waals surface area contributed by atoms with Gasteiger partial charge in [0.15, 0.2) is 11.7 Å². The predicted molar refractivity (Wildman–Crippen MR) is 108 cm³/mol. The molecule has 0 radical (unpaired) electrons. The van der Waals surface area contributed by atoms with Gasteiger partial charge in [-0.15, -0.1) is 0 Å². The number of rotatable bonds is 3. The van der Waals surface area contributed by atoms with E-state index in [0.717, 1.165) is 22.1 Å². The lowest BCUT2D eigenvalue weighted by Gasteiger charge is -2.03. The van der Waals surface area contributed by atoms with E-state index < -0.39 is 0 Å². The first kappa shape index (κ1) is 15.6. The number of hydrogen-bond donors (Lipinski definition) is 1. The molecule has 0 spiro atoms. The first-order chi connectivity index (χ1) is 13.2. The van der Waals surface area contributed by atoms with Crippen molar-refractivity contribution in [3.05, 3.63) is 96.5 Å². The lowest BCUT2D eigenvalue weighted by molar-refractivity contribution is 0.476. The minimum absolute atomic E-state index is 0.271. The summed E-state index contributed by atoms with van der Waals surface area (Å²) in [6, 6.07) is 26.1. The highest BCUT2D eigenvalue weighted by Gasteiger charge is 2.09. The Hall–Kier alpha value is -3.59. The van der Waals surface area contributed by atoms with E-state index in [-0.39, 0.29) is 5.75 Å². The van der Waals surface area contributed by atoms with Gasteiger partial charge in [-0.2, -0.15) is 0 Å².